The van der Waals surface area contributed by atoms with Crippen LogP contribution in [-0.2, 0) is 6.42 Å². The van der Waals surface area contributed by atoms with Crippen molar-refractivity contribution in [1.82, 2.24) is 0 Å². The van der Waals surface area contributed by atoms with Gasteiger partial charge in [0.05, 0.1) is 0 Å². The predicted octanol–water partition coefficient (Wildman–Crippen LogP) is 1.67. The third kappa shape index (κ3) is 2.84. The highest BCUT2D eigenvalue weighted by atomic mass is 35.5. The van der Waals surface area contributed by atoms with Gasteiger partial charge in [0.2, 0.25) is 0 Å². The highest BCUT2D eigenvalue weighted by molar-refractivity contribution is 7.09. The molecule has 1 heterocycles. The second-order valence-electron chi connectivity index (χ2n) is 1.62. The Kier molecular flexibility index (Phi) is 4.77. The molecule has 0 amide bonds. The molecule has 3 heteroatoms. The Morgan fingerprint density at radius 3 is 2.78 bits per heavy atom. The maximum atomic E-state index is 5.33. The second kappa shape index (κ2) is 4.79. The van der Waals surface area contributed by atoms with Crippen LogP contribution in [0.1, 0.15) is 4.88 Å². The van der Waals surface area contributed by atoms with Gasteiger partial charge >= 0.3 is 0 Å². The van der Waals surface area contributed by atoms with Gasteiger partial charge in [0, 0.05) is 4.88 Å². The Bertz CT molecular complexity index is 139. The molecule has 1 aromatic rings. The first-order valence-electron chi connectivity index (χ1n) is 2.66. The fraction of sp³-hybridized carbons (Fsp3) is 0.333. The molecule has 9 heavy (non-hydrogen) atoms. The molecule has 0 atom stereocenters. The molecule has 0 fully saturated rings. The van der Waals surface area contributed by atoms with Crippen molar-refractivity contribution in [2.45, 2.75) is 6.42 Å². The number of hydrogen-bond acceptors (Lipinski definition) is 2. The molecule has 1 rings (SSSR count). The van der Waals surface area contributed by atoms with Gasteiger partial charge in [-0.05, 0) is 24.4 Å². The van der Waals surface area contributed by atoms with Crippen LogP contribution in [0.25, 0.3) is 0 Å². The summed E-state index contributed by atoms with van der Waals surface area (Å²) in [6.45, 7) is 0.764. The van der Waals surface area contributed by atoms with Crippen molar-refractivity contribution in [3.63, 3.8) is 0 Å². The van der Waals surface area contributed by atoms with Gasteiger partial charge < -0.3 is 5.73 Å². The van der Waals surface area contributed by atoms with Gasteiger partial charge in [-0.1, -0.05) is 6.07 Å². The molecule has 0 saturated carbocycles. The molecule has 0 spiro atoms. The van der Waals surface area contributed by atoms with Crippen LogP contribution in [0.3, 0.4) is 0 Å². The molecule has 0 radical (unpaired) electrons. The summed E-state index contributed by atoms with van der Waals surface area (Å²) in [5.74, 6) is 0. The van der Waals surface area contributed by atoms with Crippen LogP contribution < -0.4 is 5.73 Å². The summed E-state index contributed by atoms with van der Waals surface area (Å²) in [6, 6.07) is 4.16. The van der Waals surface area contributed by atoms with Crippen LogP contribution in [0.15, 0.2) is 17.5 Å². The highest BCUT2D eigenvalue weighted by Gasteiger charge is 1.87. The molecule has 0 aliphatic carbocycles. The van der Waals surface area contributed by atoms with Crippen LogP contribution in [0.2, 0.25) is 0 Å². The topological polar surface area (TPSA) is 26.0 Å². The summed E-state index contributed by atoms with van der Waals surface area (Å²) in [5.41, 5.74) is 5.33. The molecule has 0 aliphatic rings. The third-order valence-corrected chi connectivity index (χ3v) is 1.91. The van der Waals surface area contributed by atoms with E-state index in [4.69, 9.17) is 5.73 Å². The molecule has 1 nitrogen and oxygen atoms in total. The average molecular weight is 164 g/mol. The standard InChI is InChI=1S/C6H9NS.ClH/c7-4-3-6-2-1-5-8-6;/h1-2,5H,3-4,7H2;1H. The summed E-state index contributed by atoms with van der Waals surface area (Å²) < 4.78 is 0. The lowest BCUT2D eigenvalue weighted by Crippen LogP contribution is -2.00. The minimum absolute atomic E-state index is 0. The Balaban J connectivity index is 0.000000640. The molecule has 0 unspecified atom stereocenters. The summed E-state index contributed by atoms with van der Waals surface area (Å²) in [6.07, 6.45) is 1.03. The molecule has 52 valence electrons. The Morgan fingerprint density at radius 2 is 2.33 bits per heavy atom. The number of thiophene rings is 1. The van der Waals surface area contributed by atoms with Gasteiger partial charge in [0.25, 0.3) is 0 Å². The van der Waals surface area contributed by atoms with E-state index in [0.717, 1.165) is 13.0 Å². The number of rotatable bonds is 2. The third-order valence-electron chi connectivity index (χ3n) is 0.971. The van der Waals surface area contributed by atoms with Crippen molar-refractivity contribution in [3.05, 3.63) is 22.4 Å². The van der Waals surface area contributed by atoms with Crippen LogP contribution in [0.5, 0.6) is 0 Å². The van der Waals surface area contributed by atoms with E-state index >= 15 is 0 Å². The lowest BCUT2D eigenvalue weighted by atomic mass is 10.3. The monoisotopic (exact) mass is 163 g/mol. The van der Waals surface area contributed by atoms with E-state index < -0.39 is 0 Å². The Hall–Kier alpha value is -0.0500. The van der Waals surface area contributed by atoms with Crippen molar-refractivity contribution in [1.29, 1.82) is 0 Å². The molecule has 0 aliphatic heterocycles. The van der Waals surface area contributed by atoms with Crippen molar-refractivity contribution in [2.75, 3.05) is 6.54 Å². The quantitative estimate of drug-likeness (QED) is 0.706. The van der Waals surface area contributed by atoms with E-state index in [-0.39, 0.29) is 12.4 Å². The largest absolute Gasteiger partial charge is 0.330 e. The van der Waals surface area contributed by atoms with Gasteiger partial charge in [0.15, 0.2) is 0 Å². The fourth-order valence-electron chi connectivity index (χ4n) is 0.597. The number of nitrogens with two attached hydrogens (primary N) is 1. The zero-order chi connectivity index (χ0) is 5.82. The van der Waals surface area contributed by atoms with E-state index in [2.05, 4.69) is 17.5 Å². The zero-order valence-corrected chi connectivity index (χ0v) is 6.67. The summed E-state index contributed by atoms with van der Waals surface area (Å²) in [4.78, 5) is 1.38. The lowest BCUT2D eigenvalue weighted by molar-refractivity contribution is 0.989. The molecule has 0 bridgehead atoms. The molecular formula is C6H10ClNS. The minimum atomic E-state index is 0. The van der Waals surface area contributed by atoms with Crippen LogP contribution >= 0.6 is 23.7 Å². The van der Waals surface area contributed by atoms with Crippen LogP contribution in [0, 0.1) is 0 Å². The maximum absolute atomic E-state index is 5.33. The molecular weight excluding hydrogens is 154 g/mol. The summed E-state index contributed by atoms with van der Waals surface area (Å²) in [5, 5.41) is 2.07. The fourth-order valence-corrected chi connectivity index (χ4v) is 1.32. The molecule has 2 N–H and O–H groups in total. The van der Waals surface area contributed by atoms with Gasteiger partial charge in [-0.3, -0.25) is 0 Å². The highest BCUT2D eigenvalue weighted by Crippen LogP contribution is 2.07. The average Bonchev–Trinajstić information content (AvgIpc) is 2.19. The zero-order valence-electron chi connectivity index (χ0n) is 5.04. The first kappa shape index (κ1) is 8.95. The Labute approximate surface area is 65.3 Å². The summed E-state index contributed by atoms with van der Waals surface area (Å²) >= 11 is 1.77. The predicted molar refractivity (Wildman–Crippen MR) is 44.3 cm³/mol. The smallest absolute Gasteiger partial charge is 0.00577 e. The molecule has 0 aromatic carbocycles. The van der Waals surface area contributed by atoms with Crippen LogP contribution in [0.4, 0.5) is 0 Å². The van der Waals surface area contributed by atoms with E-state index in [9.17, 15) is 0 Å². The first-order valence-corrected chi connectivity index (χ1v) is 3.54. The van der Waals surface area contributed by atoms with Crippen molar-refractivity contribution >= 4 is 23.7 Å². The van der Waals surface area contributed by atoms with E-state index in [1.54, 1.807) is 11.3 Å². The second-order valence-corrected chi connectivity index (χ2v) is 2.65. The van der Waals surface area contributed by atoms with Gasteiger partial charge in [-0.25, -0.2) is 0 Å². The van der Waals surface area contributed by atoms with Gasteiger partial charge in [-0.15, -0.1) is 23.7 Å². The lowest BCUT2D eigenvalue weighted by Gasteiger charge is -1.86. The molecule has 1 aromatic heterocycles. The van der Waals surface area contributed by atoms with E-state index in [1.165, 1.54) is 4.88 Å². The Morgan fingerprint density at radius 1 is 1.56 bits per heavy atom. The number of halogens is 1. The van der Waals surface area contributed by atoms with Gasteiger partial charge in [0.1, 0.15) is 0 Å². The van der Waals surface area contributed by atoms with E-state index in [0.29, 0.717) is 0 Å². The van der Waals surface area contributed by atoms with Crippen LogP contribution in [-0.4, -0.2) is 6.54 Å². The maximum Gasteiger partial charge on any atom is 0.00577 e. The SMILES string of the molecule is Cl.NCCc1cccs1. The minimum Gasteiger partial charge on any atom is -0.330 e. The van der Waals surface area contributed by atoms with Crippen molar-refractivity contribution < 1.29 is 0 Å². The normalized spacial score (nSPS) is 8.56. The number of hydrogen-bond donors (Lipinski definition) is 1. The van der Waals surface area contributed by atoms with Crippen molar-refractivity contribution in [3.8, 4) is 0 Å². The first-order chi connectivity index (χ1) is 3.93. The van der Waals surface area contributed by atoms with Gasteiger partial charge in [-0.2, -0.15) is 0 Å². The van der Waals surface area contributed by atoms with Crippen molar-refractivity contribution in [2.24, 2.45) is 5.73 Å². The van der Waals surface area contributed by atoms with E-state index in [1.807, 2.05) is 0 Å². The summed E-state index contributed by atoms with van der Waals surface area (Å²) in [7, 11) is 0. The molecule has 0 saturated heterocycles.